The van der Waals surface area contributed by atoms with Crippen molar-refractivity contribution in [3.63, 3.8) is 0 Å². The second-order valence-electron chi connectivity index (χ2n) is 3.54. The molecule has 0 bridgehead atoms. The first-order chi connectivity index (χ1) is 7.85. The second kappa shape index (κ2) is 4.81. The summed E-state index contributed by atoms with van der Waals surface area (Å²) in [6.45, 7) is 0.0577. The average Bonchev–Trinajstić information content (AvgIpc) is 2.39. The first-order valence-corrected chi connectivity index (χ1v) is 5.18. The van der Waals surface area contributed by atoms with Gasteiger partial charge in [-0.3, -0.25) is 0 Å². The predicted molar refractivity (Wildman–Crippen MR) is 64.4 cm³/mol. The van der Waals surface area contributed by atoms with Crippen LogP contribution in [0.15, 0.2) is 48.5 Å². The van der Waals surface area contributed by atoms with Gasteiger partial charge in [0.15, 0.2) is 0 Å². The fraction of sp³-hybridized carbons (Fsp3) is 0.143. The standard InChI is InChI=1S/C14H14O2/c1-16-13-8-6-11(7-9-13)14-5-3-2-4-12(14)10-15/h2-9,15H,10H2,1H3. The van der Waals surface area contributed by atoms with Crippen molar-refractivity contribution in [2.45, 2.75) is 6.61 Å². The highest BCUT2D eigenvalue weighted by atomic mass is 16.5. The van der Waals surface area contributed by atoms with E-state index < -0.39 is 0 Å². The van der Waals surface area contributed by atoms with E-state index >= 15 is 0 Å². The average molecular weight is 214 g/mol. The summed E-state index contributed by atoms with van der Waals surface area (Å²) in [4.78, 5) is 0. The molecule has 0 aromatic heterocycles. The first kappa shape index (κ1) is 10.7. The zero-order valence-electron chi connectivity index (χ0n) is 9.18. The van der Waals surface area contributed by atoms with Gasteiger partial charge in [-0.25, -0.2) is 0 Å². The Labute approximate surface area is 95.1 Å². The van der Waals surface area contributed by atoms with Crippen LogP contribution in [0.3, 0.4) is 0 Å². The summed E-state index contributed by atoms with van der Waals surface area (Å²) >= 11 is 0. The summed E-state index contributed by atoms with van der Waals surface area (Å²) in [7, 11) is 1.65. The number of aliphatic hydroxyl groups is 1. The fourth-order valence-electron chi connectivity index (χ4n) is 1.71. The molecule has 0 heterocycles. The van der Waals surface area contributed by atoms with Crippen molar-refractivity contribution in [1.29, 1.82) is 0 Å². The topological polar surface area (TPSA) is 29.5 Å². The van der Waals surface area contributed by atoms with E-state index in [4.69, 9.17) is 4.74 Å². The van der Waals surface area contributed by atoms with Gasteiger partial charge < -0.3 is 9.84 Å². The minimum atomic E-state index is 0.0577. The van der Waals surface area contributed by atoms with Gasteiger partial charge in [-0.05, 0) is 28.8 Å². The van der Waals surface area contributed by atoms with Crippen LogP contribution in [-0.4, -0.2) is 12.2 Å². The van der Waals surface area contributed by atoms with Crippen molar-refractivity contribution in [2.24, 2.45) is 0 Å². The highest BCUT2D eigenvalue weighted by molar-refractivity contribution is 5.67. The van der Waals surface area contributed by atoms with Crippen molar-refractivity contribution in [3.8, 4) is 16.9 Å². The Bertz CT molecular complexity index is 460. The summed E-state index contributed by atoms with van der Waals surface area (Å²) in [6, 6.07) is 15.7. The number of ether oxygens (including phenoxy) is 1. The van der Waals surface area contributed by atoms with Gasteiger partial charge in [-0.15, -0.1) is 0 Å². The molecule has 0 aliphatic heterocycles. The van der Waals surface area contributed by atoms with Crippen LogP contribution in [0.1, 0.15) is 5.56 Å². The zero-order valence-corrected chi connectivity index (χ0v) is 9.18. The van der Waals surface area contributed by atoms with E-state index in [1.807, 2.05) is 48.5 Å². The molecule has 0 unspecified atom stereocenters. The SMILES string of the molecule is COc1ccc(-c2ccccc2CO)cc1. The molecule has 2 aromatic rings. The number of hydrogen-bond acceptors (Lipinski definition) is 2. The van der Waals surface area contributed by atoms with Crippen molar-refractivity contribution >= 4 is 0 Å². The maximum atomic E-state index is 9.26. The lowest BCUT2D eigenvalue weighted by atomic mass is 10.0. The van der Waals surface area contributed by atoms with Crippen LogP contribution >= 0.6 is 0 Å². The first-order valence-electron chi connectivity index (χ1n) is 5.18. The lowest BCUT2D eigenvalue weighted by Gasteiger charge is -2.08. The van der Waals surface area contributed by atoms with Gasteiger partial charge in [0.05, 0.1) is 13.7 Å². The van der Waals surface area contributed by atoms with E-state index in [1.165, 1.54) is 0 Å². The highest BCUT2D eigenvalue weighted by Gasteiger charge is 2.03. The van der Waals surface area contributed by atoms with Crippen molar-refractivity contribution in [3.05, 3.63) is 54.1 Å². The minimum Gasteiger partial charge on any atom is -0.497 e. The molecule has 2 rings (SSSR count). The van der Waals surface area contributed by atoms with E-state index in [-0.39, 0.29) is 6.61 Å². The van der Waals surface area contributed by atoms with E-state index in [9.17, 15) is 5.11 Å². The molecule has 0 atom stereocenters. The Morgan fingerprint density at radius 2 is 1.69 bits per heavy atom. The van der Waals surface area contributed by atoms with Gasteiger partial charge in [0, 0.05) is 0 Å². The monoisotopic (exact) mass is 214 g/mol. The molecular weight excluding hydrogens is 200 g/mol. The summed E-state index contributed by atoms with van der Waals surface area (Å²) in [6.07, 6.45) is 0. The van der Waals surface area contributed by atoms with Crippen LogP contribution in [0.25, 0.3) is 11.1 Å². The molecule has 0 radical (unpaired) electrons. The molecule has 2 nitrogen and oxygen atoms in total. The van der Waals surface area contributed by atoms with E-state index in [0.29, 0.717) is 0 Å². The Balaban J connectivity index is 2.42. The smallest absolute Gasteiger partial charge is 0.118 e. The quantitative estimate of drug-likeness (QED) is 0.851. The van der Waals surface area contributed by atoms with E-state index in [0.717, 1.165) is 22.4 Å². The Kier molecular flexibility index (Phi) is 3.22. The molecule has 2 heteroatoms. The van der Waals surface area contributed by atoms with Gasteiger partial charge in [-0.1, -0.05) is 36.4 Å². The number of benzene rings is 2. The molecule has 0 amide bonds. The number of methoxy groups -OCH3 is 1. The molecule has 0 aliphatic carbocycles. The van der Waals surface area contributed by atoms with Gasteiger partial charge in [-0.2, -0.15) is 0 Å². The van der Waals surface area contributed by atoms with Crippen LogP contribution in [0, 0.1) is 0 Å². The van der Waals surface area contributed by atoms with Gasteiger partial charge in [0.1, 0.15) is 5.75 Å². The molecule has 82 valence electrons. The third kappa shape index (κ3) is 2.07. The zero-order chi connectivity index (χ0) is 11.4. The van der Waals surface area contributed by atoms with Crippen molar-refractivity contribution in [1.82, 2.24) is 0 Å². The van der Waals surface area contributed by atoms with E-state index in [2.05, 4.69) is 0 Å². The van der Waals surface area contributed by atoms with Crippen LogP contribution < -0.4 is 4.74 Å². The Morgan fingerprint density at radius 1 is 1.00 bits per heavy atom. The van der Waals surface area contributed by atoms with Crippen LogP contribution in [-0.2, 0) is 6.61 Å². The normalized spacial score (nSPS) is 10.1. The minimum absolute atomic E-state index is 0.0577. The lowest BCUT2D eigenvalue weighted by Crippen LogP contribution is -1.89. The fourth-order valence-corrected chi connectivity index (χ4v) is 1.71. The van der Waals surface area contributed by atoms with Crippen LogP contribution in [0.5, 0.6) is 5.75 Å². The van der Waals surface area contributed by atoms with Gasteiger partial charge >= 0.3 is 0 Å². The molecule has 0 aliphatic rings. The summed E-state index contributed by atoms with van der Waals surface area (Å²) < 4.78 is 5.11. The molecule has 2 aromatic carbocycles. The van der Waals surface area contributed by atoms with Crippen molar-refractivity contribution in [2.75, 3.05) is 7.11 Å². The highest BCUT2D eigenvalue weighted by Crippen LogP contribution is 2.25. The van der Waals surface area contributed by atoms with Crippen molar-refractivity contribution < 1.29 is 9.84 Å². The largest absolute Gasteiger partial charge is 0.497 e. The van der Waals surface area contributed by atoms with Crippen LogP contribution in [0.2, 0.25) is 0 Å². The maximum absolute atomic E-state index is 9.26. The third-order valence-electron chi connectivity index (χ3n) is 2.59. The number of hydrogen-bond donors (Lipinski definition) is 1. The maximum Gasteiger partial charge on any atom is 0.118 e. The summed E-state index contributed by atoms with van der Waals surface area (Å²) in [5.41, 5.74) is 3.09. The number of aliphatic hydroxyl groups excluding tert-OH is 1. The molecule has 1 N–H and O–H groups in total. The molecule has 0 saturated heterocycles. The lowest BCUT2D eigenvalue weighted by molar-refractivity contribution is 0.282. The second-order valence-corrected chi connectivity index (χ2v) is 3.54. The molecule has 0 fully saturated rings. The molecule has 16 heavy (non-hydrogen) atoms. The van der Waals surface area contributed by atoms with Gasteiger partial charge in [0.25, 0.3) is 0 Å². The Morgan fingerprint density at radius 3 is 2.31 bits per heavy atom. The predicted octanol–water partition coefficient (Wildman–Crippen LogP) is 2.85. The molecule has 0 spiro atoms. The summed E-state index contributed by atoms with van der Waals surface area (Å²) in [5, 5.41) is 9.26. The summed E-state index contributed by atoms with van der Waals surface area (Å²) in [5.74, 6) is 0.838. The molecular formula is C14H14O2. The third-order valence-corrected chi connectivity index (χ3v) is 2.59. The Hall–Kier alpha value is -1.80. The number of rotatable bonds is 3. The van der Waals surface area contributed by atoms with Gasteiger partial charge in [0.2, 0.25) is 0 Å². The van der Waals surface area contributed by atoms with Crippen LogP contribution in [0.4, 0.5) is 0 Å². The molecule has 0 saturated carbocycles. The van der Waals surface area contributed by atoms with E-state index in [1.54, 1.807) is 7.11 Å².